The second-order valence-electron chi connectivity index (χ2n) is 3.58. The van der Waals surface area contributed by atoms with E-state index < -0.39 is 17.9 Å². The molecule has 0 bridgehead atoms. The Balaban J connectivity index is 2.29. The summed E-state index contributed by atoms with van der Waals surface area (Å²) in [7, 11) is 0. The molecule has 0 saturated heterocycles. The third kappa shape index (κ3) is 3.93. The average Bonchev–Trinajstić information content (AvgIpc) is 2.36. The largest absolute Gasteiger partial charge is 0.474 e. The SMILES string of the molecule is O=c1nc(NNC(F)(F)F)nc(-c2ccc(Cl)cc2)[nH]1. The quantitative estimate of drug-likeness (QED) is 0.596. The summed E-state index contributed by atoms with van der Waals surface area (Å²) in [5.74, 6) is -0.441. The van der Waals surface area contributed by atoms with Gasteiger partial charge in [-0.1, -0.05) is 11.6 Å². The highest BCUT2D eigenvalue weighted by atomic mass is 35.5. The van der Waals surface area contributed by atoms with Crippen LogP contribution in [0, 0.1) is 0 Å². The van der Waals surface area contributed by atoms with Crippen LogP contribution in [-0.4, -0.2) is 21.3 Å². The molecular weight excluding hydrogens is 299 g/mol. The molecule has 0 aliphatic carbocycles. The molecule has 20 heavy (non-hydrogen) atoms. The van der Waals surface area contributed by atoms with Crippen LogP contribution in [0.3, 0.4) is 0 Å². The molecule has 0 radical (unpaired) electrons. The van der Waals surface area contributed by atoms with Gasteiger partial charge in [0, 0.05) is 10.6 Å². The summed E-state index contributed by atoms with van der Waals surface area (Å²) >= 11 is 5.71. The fourth-order valence-corrected chi connectivity index (χ4v) is 1.44. The van der Waals surface area contributed by atoms with Gasteiger partial charge in [-0.15, -0.1) is 5.43 Å². The van der Waals surface area contributed by atoms with E-state index in [1.165, 1.54) is 0 Å². The molecule has 2 aromatic rings. The second kappa shape index (κ2) is 5.47. The lowest BCUT2D eigenvalue weighted by atomic mass is 10.2. The van der Waals surface area contributed by atoms with Crippen molar-refractivity contribution in [3.63, 3.8) is 0 Å². The van der Waals surface area contributed by atoms with E-state index in [1.807, 2.05) is 0 Å². The molecule has 0 fully saturated rings. The fraction of sp³-hybridized carbons (Fsp3) is 0.100. The third-order valence-corrected chi connectivity index (χ3v) is 2.34. The van der Waals surface area contributed by atoms with Gasteiger partial charge >= 0.3 is 12.0 Å². The molecule has 0 saturated carbocycles. The summed E-state index contributed by atoms with van der Waals surface area (Å²) < 4.78 is 35.9. The highest BCUT2D eigenvalue weighted by Crippen LogP contribution is 2.17. The molecule has 106 valence electrons. The van der Waals surface area contributed by atoms with Crippen LogP contribution < -0.4 is 16.5 Å². The Morgan fingerprint density at radius 1 is 1.15 bits per heavy atom. The maximum atomic E-state index is 12.0. The number of H-pyrrole nitrogens is 1. The highest BCUT2D eigenvalue weighted by Gasteiger charge is 2.27. The molecule has 1 aromatic heterocycles. The van der Waals surface area contributed by atoms with Crippen LogP contribution in [0.4, 0.5) is 19.1 Å². The van der Waals surface area contributed by atoms with E-state index >= 15 is 0 Å². The van der Waals surface area contributed by atoms with Gasteiger partial charge < -0.3 is 0 Å². The number of halogens is 4. The molecule has 2 rings (SSSR count). The number of rotatable bonds is 3. The zero-order valence-electron chi connectivity index (χ0n) is 9.62. The molecule has 0 aliphatic rings. The minimum absolute atomic E-state index is 0.0631. The van der Waals surface area contributed by atoms with Crippen LogP contribution in [0.15, 0.2) is 29.1 Å². The number of nitrogens with one attached hydrogen (secondary N) is 3. The average molecular weight is 306 g/mol. The maximum absolute atomic E-state index is 12.0. The number of alkyl halides is 3. The minimum atomic E-state index is -4.67. The van der Waals surface area contributed by atoms with Crippen LogP contribution in [-0.2, 0) is 0 Å². The van der Waals surface area contributed by atoms with Crippen LogP contribution in [0.5, 0.6) is 0 Å². The van der Waals surface area contributed by atoms with Crippen LogP contribution >= 0.6 is 11.6 Å². The van der Waals surface area contributed by atoms with Gasteiger partial charge in [-0.05, 0) is 24.3 Å². The van der Waals surface area contributed by atoms with Crippen molar-refractivity contribution in [3.05, 3.63) is 39.8 Å². The van der Waals surface area contributed by atoms with Crippen molar-refractivity contribution in [2.75, 3.05) is 5.43 Å². The molecule has 3 N–H and O–H groups in total. The van der Waals surface area contributed by atoms with Crippen molar-refractivity contribution in [1.82, 2.24) is 20.4 Å². The Bertz CT molecular complexity index is 655. The number of aromatic nitrogens is 3. The van der Waals surface area contributed by atoms with Crippen molar-refractivity contribution in [3.8, 4) is 11.4 Å². The first kappa shape index (κ1) is 14.3. The first-order valence-corrected chi connectivity index (χ1v) is 5.55. The Labute approximate surface area is 115 Å². The van der Waals surface area contributed by atoms with E-state index in [1.54, 1.807) is 29.7 Å². The number of nitrogens with zero attached hydrogens (tertiary/aromatic N) is 2. The van der Waals surface area contributed by atoms with Crippen molar-refractivity contribution >= 4 is 17.5 Å². The number of hydrogen-bond acceptors (Lipinski definition) is 5. The molecule has 1 heterocycles. The number of hydrogen-bond donors (Lipinski definition) is 3. The van der Waals surface area contributed by atoms with Crippen molar-refractivity contribution in [1.29, 1.82) is 0 Å². The molecule has 1 aromatic carbocycles. The number of benzene rings is 1. The van der Waals surface area contributed by atoms with E-state index in [9.17, 15) is 18.0 Å². The van der Waals surface area contributed by atoms with Gasteiger partial charge in [0.05, 0.1) is 0 Å². The molecule has 0 amide bonds. The maximum Gasteiger partial charge on any atom is 0.474 e. The first-order valence-electron chi connectivity index (χ1n) is 5.18. The number of anilines is 1. The van der Waals surface area contributed by atoms with E-state index in [2.05, 4.69) is 15.0 Å². The lowest BCUT2D eigenvalue weighted by Gasteiger charge is -2.10. The Kier molecular flexibility index (Phi) is 3.91. The summed E-state index contributed by atoms with van der Waals surface area (Å²) in [6.45, 7) is 0. The van der Waals surface area contributed by atoms with Crippen LogP contribution in [0.1, 0.15) is 0 Å². The Morgan fingerprint density at radius 3 is 2.40 bits per heavy atom. The first-order chi connectivity index (χ1) is 9.33. The third-order valence-electron chi connectivity index (χ3n) is 2.08. The Hall–Kier alpha value is -2.13. The van der Waals surface area contributed by atoms with Crippen molar-refractivity contribution < 1.29 is 13.2 Å². The van der Waals surface area contributed by atoms with Gasteiger partial charge in [-0.25, -0.2) is 4.79 Å². The molecule has 0 unspecified atom stereocenters. The Morgan fingerprint density at radius 2 is 1.80 bits per heavy atom. The lowest BCUT2D eigenvalue weighted by Crippen LogP contribution is -2.37. The van der Waals surface area contributed by atoms with E-state index in [4.69, 9.17) is 11.6 Å². The summed E-state index contributed by atoms with van der Waals surface area (Å²) in [6.07, 6.45) is -4.67. The molecule has 0 aliphatic heterocycles. The number of hydrazine groups is 1. The summed E-state index contributed by atoms with van der Waals surface area (Å²) in [5, 5.41) is 0.474. The highest BCUT2D eigenvalue weighted by molar-refractivity contribution is 6.30. The van der Waals surface area contributed by atoms with Crippen molar-refractivity contribution in [2.45, 2.75) is 6.30 Å². The zero-order valence-corrected chi connectivity index (χ0v) is 10.4. The normalized spacial score (nSPS) is 11.4. The molecular formula is C10H7ClF3N5O. The summed E-state index contributed by atoms with van der Waals surface area (Å²) in [4.78, 5) is 20.6. The van der Waals surface area contributed by atoms with Crippen molar-refractivity contribution in [2.24, 2.45) is 0 Å². The van der Waals surface area contributed by atoms with Gasteiger partial charge in [-0.2, -0.15) is 23.1 Å². The fourth-order valence-electron chi connectivity index (χ4n) is 1.31. The topological polar surface area (TPSA) is 82.7 Å². The van der Waals surface area contributed by atoms with E-state index in [0.717, 1.165) is 5.43 Å². The van der Waals surface area contributed by atoms with E-state index in [0.29, 0.717) is 10.6 Å². The summed E-state index contributed by atoms with van der Waals surface area (Å²) in [5.41, 5.74) is 2.35. The smallest absolute Gasteiger partial charge is 0.290 e. The summed E-state index contributed by atoms with van der Waals surface area (Å²) in [6, 6.07) is 6.22. The van der Waals surface area contributed by atoms with Gasteiger partial charge in [0.1, 0.15) is 5.82 Å². The van der Waals surface area contributed by atoms with Gasteiger partial charge in [-0.3, -0.25) is 10.4 Å². The molecule has 0 spiro atoms. The van der Waals surface area contributed by atoms with Gasteiger partial charge in [0.15, 0.2) is 0 Å². The zero-order chi connectivity index (χ0) is 14.8. The molecule has 0 atom stereocenters. The standard InChI is InChI=1S/C10H7ClF3N5O/c11-6-3-1-5(2-4-6)7-15-8(17-9(20)16-7)18-19-10(12,13)14/h1-4,19H,(H2,15,16,17,18,20). The van der Waals surface area contributed by atoms with Gasteiger partial charge in [0.25, 0.3) is 0 Å². The van der Waals surface area contributed by atoms with Crippen LogP contribution in [0.2, 0.25) is 5.02 Å². The molecule has 10 heteroatoms. The predicted octanol–water partition coefficient (Wildman–Crippen LogP) is 1.92. The predicted molar refractivity (Wildman–Crippen MR) is 65.9 cm³/mol. The second-order valence-corrected chi connectivity index (χ2v) is 4.02. The van der Waals surface area contributed by atoms with E-state index in [-0.39, 0.29) is 5.82 Å². The minimum Gasteiger partial charge on any atom is -0.290 e. The lowest BCUT2D eigenvalue weighted by molar-refractivity contribution is -0.151. The monoisotopic (exact) mass is 305 g/mol. The number of aromatic amines is 1. The molecule has 6 nitrogen and oxygen atoms in total. The van der Waals surface area contributed by atoms with Crippen LogP contribution in [0.25, 0.3) is 11.4 Å². The van der Waals surface area contributed by atoms with Gasteiger partial charge in [0.2, 0.25) is 5.95 Å².